The van der Waals surface area contributed by atoms with Gasteiger partial charge in [0.15, 0.2) is 0 Å². The lowest BCUT2D eigenvalue weighted by atomic mass is 9.54. The number of benzene rings is 1. The van der Waals surface area contributed by atoms with Crippen molar-refractivity contribution in [3.63, 3.8) is 0 Å². The molecule has 3 fully saturated rings. The Morgan fingerprint density at radius 2 is 1.58 bits per heavy atom. The summed E-state index contributed by atoms with van der Waals surface area (Å²) in [5, 5.41) is 11.7. The van der Waals surface area contributed by atoms with E-state index in [0.717, 1.165) is 31.1 Å². The fourth-order valence-electron chi connectivity index (χ4n) is 8.96. The zero-order valence-corrected chi connectivity index (χ0v) is 24.6. The standard InChI is InChI=1S/C35H55FO2/c1-4-6-7-11-27-14-18-28(19-15-27)25(3)30-12-8-9-13-32(30)35(23-22-31(34(37)38)33(36)24-35)29-20-16-26(10-5-2)17-21-29/h8-9,12-13,25-29,31,33H,4-7,10-11,14-24H2,1-3H3,(H,37,38)/p-1. The topological polar surface area (TPSA) is 40.1 Å². The van der Waals surface area contributed by atoms with Crippen LogP contribution in [0.25, 0.3) is 0 Å². The van der Waals surface area contributed by atoms with E-state index in [4.69, 9.17) is 0 Å². The summed E-state index contributed by atoms with van der Waals surface area (Å²) < 4.78 is 15.7. The Bertz CT molecular complexity index is 866. The molecule has 0 aliphatic heterocycles. The number of alkyl halides is 1. The van der Waals surface area contributed by atoms with Crippen LogP contribution in [0, 0.1) is 29.6 Å². The Morgan fingerprint density at radius 3 is 2.21 bits per heavy atom. The Morgan fingerprint density at radius 1 is 0.921 bits per heavy atom. The van der Waals surface area contributed by atoms with Gasteiger partial charge in [-0.3, -0.25) is 0 Å². The first-order valence-electron chi connectivity index (χ1n) is 16.3. The number of carboxylic acid groups (broad SMARTS) is 1. The number of hydrogen-bond acceptors (Lipinski definition) is 2. The number of hydrogen-bond donors (Lipinski definition) is 0. The maximum atomic E-state index is 15.7. The zero-order chi connectivity index (χ0) is 27.1. The Labute approximate surface area is 232 Å². The van der Waals surface area contributed by atoms with Gasteiger partial charge in [0.1, 0.15) is 6.17 Å². The molecule has 3 saturated carbocycles. The zero-order valence-electron chi connectivity index (χ0n) is 24.6. The molecule has 0 N–H and O–H groups in total. The lowest BCUT2D eigenvalue weighted by molar-refractivity contribution is -0.314. The van der Waals surface area contributed by atoms with Gasteiger partial charge in [-0.2, -0.15) is 0 Å². The van der Waals surface area contributed by atoms with Crippen LogP contribution in [0.5, 0.6) is 0 Å². The molecule has 1 aromatic rings. The van der Waals surface area contributed by atoms with Crippen LogP contribution in [0.15, 0.2) is 24.3 Å². The largest absolute Gasteiger partial charge is 0.550 e. The summed E-state index contributed by atoms with van der Waals surface area (Å²) in [7, 11) is 0. The monoisotopic (exact) mass is 525 g/mol. The van der Waals surface area contributed by atoms with Gasteiger partial charge >= 0.3 is 0 Å². The molecule has 214 valence electrons. The fraction of sp³-hybridized carbons (Fsp3) is 0.800. The highest BCUT2D eigenvalue weighted by molar-refractivity contribution is 5.68. The number of aliphatic carboxylic acids is 1. The highest BCUT2D eigenvalue weighted by Gasteiger charge is 2.49. The SMILES string of the molecule is CCCCCC1CCC(C(C)c2ccccc2C2(C3CCC(CCC)CC3)CCC(C(=O)[O-])C(F)C2)CC1. The number of unbranched alkanes of at least 4 members (excludes halogenated alkanes) is 2. The Kier molecular flexibility index (Phi) is 10.7. The van der Waals surface area contributed by atoms with E-state index >= 15 is 4.39 Å². The molecule has 0 heterocycles. The third-order valence-electron chi connectivity index (χ3n) is 11.3. The van der Waals surface area contributed by atoms with Gasteiger partial charge in [0.25, 0.3) is 0 Å². The predicted octanol–water partition coefficient (Wildman–Crippen LogP) is 8.91. The number of carbonyl (C=O) groups is 1. The van der Waals surface area contributed by atoms with Crippen molar-refractivity contribution in [1.82, 2.24) is 0 Å². The third-order valence-corrected chi connectivity index (χ3v) is 11.3. The maximum Gasteiger partial charge on any atom is 0.109 e. The number of rotatable bonds is 11. The molecule has 0 saturated heterocycles. The summed E-state index contributed by atoms with van der Waals surface area (Å²) >= 11 is 0. The van der Waals surface area contributed by atoms with Gasteiger partial charge in [-0.15, -0.1) is 0 Å². The third kappa shape index (κ3) is 6.67. The molecule has 38 heavy (non-hydrogen) atoms. The van der Waals surface area contributed by atoms with Crippen LogP contribution in [0.3, 0.4) is 0 Å². The summed E-state index contributed by atoms with van der Waals surface area (Å²) in [4.78, 5) is 11.7. The van der Waals surface area contributed by atoms with Crippen molar-refractivity contribution in [2.45, 2.75) is 147 Å². The van der Waals surface area contributed by atoms with Crippen LogP contribution in [0.1, 0.15) is 147 Å². The van der Waals surface area contributed by atoms with E-state index in [9.17, 15) is 9.90 Å². The summed E-state index contributed by atoms with van der Waals surface area (Å²) in [6.07, 6.45) is 18.3. The highest BCUT2D eigenvalue weighted by atomic mass is 19.1. The fourth-order valence-corrected chi connectivity index (χ4v) is 8.96. The first kappa shape index (κ1) is 29.6. The van der Waals surface area contributed by atoms with Crippen LogP contribution in [0.4, 0.5) is 4.39 Å². The van der Waals surface area contributed by atoms with E-state index in [0.29, 0.717) is 30.6 Å². The van der Waals surface area contributed by atoms with E-state index < -0.39 is 18.1 Å². The lowest BCUT2D eigenvalue weighted by Crippen LogP contribution is -2.49. The molecule has 3 heteroatoms. The van der Waals surface area contributed by atoms with Crippen molar-refractivity contribution < 1.29 is 14.3 Å². The molecule has 3 aliphatic carbocycles. The van der Waals surface area contributed by atoms with E-state index in [1.54, 1.807) is 0 Å². The van der Waals surface area contributed by atoms with Crippen molar-refractivity contribution in [1.29, 1.82) is 0 Å². The summed E-state index contributed by atoms with van der Waals surface area (Å²) in [6.45, 7) is 6.99. The first-order valence-corrected chi connectivity index (χ1v) is 16.3. The minimum atomic E-state index is -1.32. The van der Waals surface area contributed by atoms with Crippen LogP contribution < -0.4 is 5.11 Å². The number of carboxylic acids is 1. The molecule has 0 amide bonds. The summed E-state index contributed by atoms with van der Waals surface area (Å²) in [5.41, 5.74) is 2.54. The molecule has 4 atom stereocenters. The van der Waals surface area contributed by atoms with Gasteiger partial charge < -0.3 is 9.90 Å². The first-order chi connectivity index (χ1) is 18.4. The molecule has 0 aromatic heterocycles. The molecule has 0 spiro atoms. The minimum absolute atomic E-state index is 0.245. The predicted molar refractivity (Wildman–Crippen MR) is 154 cm³/mol. The van der Waals surface area contributed by atoms with Crippen molar-refractivity contribution in [2.24, 2.45) is 29.6 Å². The minimum Gasteiger partial charge on any atom is -0.550 e. The van der Waals surface area contributed by atoms with E-state index in [1.165, 1.54) is 88.2 Å². The maximum absolute atomic E-state index is 15.7. The van der Waals surface area contributed by atoms with E-state index in [1.807, 2.05) is 0 Å². The number of halogens is 1. The second kappa shape index (κ2) is 13.8. The number of carbonyl (C=O) groups excluding carboxylic acids is 1. The molecule has 4 rings (SSSR count). The van der Waals surface area contributed by atoms with Crippen molar-refractivity contribution in [2.75, 3.05) is 0 Å². The van der Waals surface area contributed by atoms with Crippen LogP contribution in [0.2, 0.25) is 0 Å². The average Bonchev–Trinajstić information content (AvgIpc) is 2.93. The molecule has 3 aliphatic rings. The second-order valence-corrected chi connectivity index (χ2v) is 13.5. The summed E-state index contributed by atoms with van der Waals surface area (Å²) in [6, 6.07) is 8.96. The van der Waals surface area contributed by atoms with Crippen molar-refractivity contribution in [3.8, 4) is 0 Å². The molecule has 0 radical (unpaired) electrons. The normalized spacial score (nSPS) is 35.1. The molecule has 4 unspecified atom stereocenters. The lowest BCUT2D eigenvalue weighted by Gasteiger charge is -2.51. The molecular weight excluding hydrogens is 471 g/mol. The second-order valence-electron chi connectivity index (χ2n) is 13.5. The van der Waals surface area contributed by atoms with Crippen LogP contribution in [-0.2, 0) is 10.2 Å². The van der Waals surface area contributed by atoms with Gasteiger partial charge in [-0.25, -0.2) is 4.39 Å². The Balaban J connectivity index is 1.57. The van der Waals surface area contributed by atoms with Crippen molar-refractivity contribution >= 4 is 5.97 Å². The van der Waals surface area contributed by atoms with Crippen molar-refractivity contribution in [3.05, 3.63) is 35.4 Å². The quantitative estimate of drug-likeness (QED) is 0.271. The van der Waals surface area contributed by atoms with E-state index in [-0.39, 0.29) is 5.41 Å². The molecule has 0 bridgehead atoms. The van der Waals surface area contributed by atoms with Gasteiger partial charge in [0.05, 0.1) is 0 Å². The molecule has 1 aromatic carbocycles. The Hall–Kier alpha value is -1.38. The smallest absolute Gasteiger partial charge is 0.109 e. The van der Waals surface area contributed by atoms with Crippen LogP contribution >= 0.6 is 0 Å². The van der Waals surface area contributed by atoms with E-state index in [2.05, 4.69) is 45.0 Å². The van der Waals surface area contributed by atoms with Crippen LogP contribution in [-0.4, -0.2) is 12.1 Å². The molecular formula is C35H54FO2-. The van der Waals surface area contributed by atoms with Gasteiger partial charge in [-0.05, 0) is 85.7 Å². The van der Waals surface area contributed by atoms with Gasteiger partial charge in [0.2, 0.25) is 0 Å². The molecule has 2 nitrogen and oxygen atoms in total. The van der Waals surface area contributed by atoms with Gasteiger partial charge in [-0.1, -0.05) is 109 Å². The van der Waals surface area contributed by atoms with Gasteiger partial charge in [0, 0.05) is 17.3 Å². The average molecular weight is 526 g/mol. The summed E-state index contributed by atoms with van der Waals surface area (Å²) in [5.74, 6) is 1.15. The highest BCUT2D eigenvalue weighted by Crippen LogP contribution is 2.55.